The van der Waals surface area contributed by atoms with Crippen molar-refractivity contribution in [3.8, 4) is 45.2 Å². The Labute approximate surface area is 236 Å². The summed E-state index contributed by atoms with van der Waals surface area (Å²) in [5.41, 5.74) is 9.61. The lowest BCUT2D eigenvalue weighted by atomic mass is 9.85. The molecule has 8 rings (SSSR count). The van der Waals surface area contributed by atoms with E-state index in [1.807, 2.05) is 23.5 Å². The van der Waals surface area contributed by atoms with Gasteiger partial charge in [0.25, 0.3) is 0 Å². The molecule has 190 valence electrons. The third kappa shape index (κ3) is 3.46. The van der Waals surface area contributed by atoms with E-state index in [1.165, 1.54) is 25.7 Å². The highest BCUT2D eigenvalue weighted by Crippen LogP contribution is 2.48. The SMILES string of the molecule is CC1(C)c2ccc(-c3ccc4c(c3)sc3ccccc34)nc2-c2nc(-c3ccccc3)c(-c3ccccc3)nc21. The smallest absolute Gasteiger partial charge is 0.112 e. The van der Waals surface area contributed by atoms with Gasteiger partial charge in [-0.25, -0.2) is 15.0 Å². The largest absolute Gasteiger partial charge is 0.247 e. The maximum atomic E-state index is 5.33. The third-order valence-corrected chi connectivity index (χ3v) is 9.18. The van der Waals surface area contributed by atoms with Gasteiger partial charge in [-0.05, 0) is 37.6 Å². The summed E-state index contributed by atoms with van der Waals surface area (Å²) >= 11 is 1.83. The van der Waals surface area contributed by atoms with Crippen molar-refractivity contribution in [3.63, 3.8) is 0 Å². The van der Waals surface area contributed by atoms with Crippen LogP contribution in [0.15, 0.2) is 115 Å². The number of thiophene rings is 1. The first-order chi connectivity index (χ1) is 19.6. The number of aromatic nitrogens is 3. The van der Waals surface area contributed by atoms with E-state index in [0.29, 0.717) is 0 Å². The highest BCUT2D eigenvalue weighted by atomic mass is 32.1. The summed E-state index contributed by atoms with van der Waals surface area (Å²) in [4.78, 5) is 15.9. The molecule has 0 saturated heterocycles. The number of rotatable bonds is 3. The summed E-state index contributed by atoms with van der Waals surface area (Å²) < 4.78 is 2.59. The molecular formula is C36H25N3S. The lowest BCUT2D eigenvalue weighted by Crippen LogP contribution is -2.17. The average Bonchev–Trinajstić information content (AvgIpc) is 3.48. The summed E-state index contributed by atoms with van der Waals surface area (Å²) in [6, 6.07) is 40.4. The normalized spacial score (nSPS) is 13.4. The Hall–Kier alpha value is -4.67. The summed E-state index contributed by atoms with van der Waals surface area (Å²) in [5.74, 6) is 0. The third-order valence-electron chi connectivity index (χ3n) is 8.05. The van der Waals surface area contributed by atoms with Crippen molar-refractivity contribution in [1.82, 2.24) is 15.0 Å². The molecule has 3 heterocycles. The monoisotopic (exact) mass is 531 g/mol. The molecule has 0 amide bonds. The molecule has 0 aliphatic heterocycles. The van der Waals surface area contributed by atoms with Crippen LogP contribution in [0.4, 0.5) is 0 Å². The van der Waals surface area contributed by atoms with E-state index in [4.69, 9.17) is 15.0 Å². The summed E-state index contributed by atoms with van der Waals surface area (Å²) in [7, 11) is 0. The van der Waals surface area contributed by atoms with E-state index in [1.54, 1.807) is 0 Å². The van der Waals surface area contributed by atoms with Crippen LogP contribution in [-0.4, -0.2) is 15.0 Å². The Kier molecular flexibility index (Phi) is 5.04. The zero-order valence-corrected chi connectivity index (χ0v) is 23.0. The van der Waals surface area contributed by atoms with E-state index in [0.717, 1.165) is 50.9 Å². The predicted molar refractivity (Wildman–Crippen MR) is 167 cm³/mol. The van der Waals surface area contributed by atoms with E-state index in [2.05, 4.69) is 117 Å². The Morgan fingerprint density at radius 1 is 0.500 bits per heavy atom. The summed E-state index contributed by atoms with van der Waals surface area (Å²) in [6.07, 6.45) is 0. The first-order valence-corrected chi connectivity index (χ1v) is 14.4. The molecule has 0 saturated carbocycles. The fourth-order valence-electron chi connectivity index (χ4n) is 5.95. The average molecular weight is 532 g/mol. The standard InChI is InChI=1S/C36H25N3S/c1-36(2)27-19-20-28(24-17-18-26-25-15-9-10-16-29(25)40-30(26)21-24)37-33(27)34-35(36)39-32(23-13-7-4-8-14-23)31(38-34)22-11-5-3-6-12-22/h3-21H,1-2H3. The Bertz CT molecular complexity index is 2080. The van der Waals surface area contributed by atoms with E-state index in [-0.39, 0.29) is 5.41 Å². The second-order valence-corrected chi connectivity index (χ2v) is 12.0. The van der Waals surface area contributed by atoms with Crippen molar-refractivity contribution in [2.75, 3.05) is 0 Å². The van der Waals surface area contributed by atoms with Crippen LogP contribution in [0.1, 0.15) is 25.1 Å². The predicted octanol–water partition coefficient (Wildman–Crippen LogP) is 9.55. The van der Waals surface area contributed by atoms with E-state index < -0.39 is 0 Å². The van der Waals surface area contributed by atoms with Crippen LogP contribution < -0.4 is 0 Å². The summed E-state index contributed by atoms with van der Waals surface area (Å²) in [6.45, 7) is 4.46. The van der Waals surface area contributed by atoms with Crippen LogP contribution in [0.2, 0.25) is 0 Å². The minimum Gasteiger partial charge on any atom is -0.247 e. The molecule has 1 aliphatic carbocycles. The molecule has 0 atom stereocenters. The van der Waals surface area contributed by atoms with Gasteiger partial charge in [0, 0.05) is 42.3 Å². The lowest BCUT2D eigenvalue weighted by molar-refractivity contribution is 0.635. The molecule has 0 bridgehead atoms. The van der Waals surface area contributed by atoms with Crippen LogP contribution >= 0.6 is 11.3 Å². The molecule has 4 aromatic carbocycles. The minimum absolute atomic E-state index is 0.308. The minimum atomic E-state index is -0.308. The second-order valence-electron chi connectivity index (χ2n) is 10.9. The van der Waals surface area contributed by atoms with Gasteiger partial charge in [0.2, 0.25) is 0 Å². The van der Waals surface area contributed by atoms with Gasteiger partial charge in [-0.2, -0.15) is 0 Å². The Balaban J connectivity index is 1.33. The van der Waals surface area contributed by atoms with Gasteiger partial charge < -0.3 is 0 Å². The number of hydrogen-bond donors (Lipinski definition) is 0. The summed E-state index contributed by atoms with van der Waals surface area (Å²) in [5, 5.41) is 2.60. The Morgan fingerprint density at radius 3 is 1.90 bits per heavy atom. The van der Waals surface area contributed by atoms with Crippen molar-refractivity contribution >= 4 is 31.5 Å². The first kappa shape index (κ1) is 23.2. The molecule has 0 fully saturated rings. The molecular weight excluding hydrogens is 506 g/mol. The highest BCUT2D eigenvalue weighted by Gasteiger charge is 2.40. The maximum Gasteiger partial charge on any atom is 0.112 e. The molecule has 40 heavy (non-hydrogen) atoms. The zero-order valence-electron chi connectivity index (χ0n) is 22.2. The van der Waals surface area contributed by atoms with Gasteiger partial charge in [-0.15, -0.1) is 11.3 Å². The van der Waals surface area contributed by atoms with Crippen molar-refractivity contribution in [3.05, 3.63) is 127 Å². The van der Waals surface area contributed by atoms with Crippen LogP contribution in [0.5, 0.6) is 0 Å². The number of fused-ring (bicyclic) bond motifs is 6. The molecule has 0 radical (unpaired) electrons. The van der Waals surface area contributed by atoms with Gasteiger partial charge in [0.1, 0.15) is 5.69 Å². The quantitative estimate of drug-likeness (QED) is 0.228. The van der Waals surface area contributed by atoms with Crippen molar-refractivity contribution < 1.29 is 0 Å². The second kappa shape index (κ2) is 8.67. The molecule has 7 aromatic rings. The van der Waals surface area contributed by atoms with Crippen molar-refractivity contribution in [1.29, 1.82) is 0 Å². The number of benzene rings is 4. The fraction of sp³-hybridized carbons (Fsp3) is 0.0833. The molecule has 0 N–H and O–H groups in total. The van der Waals surface area contributed by atoms with Crippen LogP contribution in [0, 0.1) is 0 Å². The van der Waals surface area contributed by atoms with Gasteiger partial charge >= 0.3 is 0 Å². The Morgan fingerprint density at radius 2 is 1.15 bits per heavy atom. The number of nitrogens with zero attached hydrogens (tertiary/aromatic N) is 3. The molecule has 3 aromatic heterocycles. The molecule has 4 heteroatoms. The van der Waals surface area contributed by atoms with E-state index in [9.17, 15) is 0 Å². The lowest BCUT2D eigenvalue weighted by Gasteiger charge is -2.21. The number of hydrogen-bond acceptors (Lipinski definition) is 4. The van der Waals surface area contributed by atoms with Crippen molar-refractivity contribution in [2.24, 2.45) is 0 Å². The van der Waals surface area contributed by atoms with Crippen molar-refractivity contribution in [2.45, 2.75) is 19.3 Å². The van der Waals surface area contributed by atoms with E-state index >= 15 is 0 Å². The van der Waals surface area contributed by atoms with Gasteiger partial charge in [0.15, 0.2) is 0 Å². The van der Waals surface area contributed by atoms with Crippen LogP contribution in [0.25, 0.3) is 65.3 Å². The molecule has 0 spiro atoms. The molecule has 3 nitrogen and oxygen atoms in total. The number of pyridine rings is 1. The van der Waals surface area contributed by atoms with Gasteiger partial charge in [-0.3, -0.25) is 0 Å². The topological polar surface area (TPSA) is 38.7 Å². The van der Waals surface area contributed by atoms with Gasteiger partial charge in [-0.1, -0.05) is 97.1 Å². The highest BCUT2D eigenvalue weighted by molar-refractivity contribution is 7.25. The van der Waals surface area contributed by atoms with Crippen LogP contribution in [0.3, 0.4) is 0 Å². The fourth-order valence-corrected chi connectivity index (χ4v) is 7.09. The van der Waals surface area contributed by atoms with Gasteiger partial charge in [0.05, 0.1) is 28.5 Å². The molecule has 1 aliphatic rings. The van der Waals surface area contributed by atoms with Crippen LogP contribution in [-0.2, 0) is 5.41 Å². The first-order valence-electron chi connectivity index (χ1n) is 13.5. The molecule has 0 unspecified atom stereocenters. The maximum absolute atomic E-state index is 5.33. The zero-order chi connectivity index (χ0) is 26.8.